The van der Waals surface area contributed by atoms with Crippen LogP contribution in [0.5, 0.6) is 17.2 Å². The first-order valence-corrected chi connectivity index (χ1v) is 7.69. The van der Waals surface area contributed by atoms with Gasteiger partial charge < -0.3 is 25.2 Å². The molecule has 0 aromatic heterocycles. The monoisotopic (exact) mass is 374 g/mol. The molecule has 136 valence electrons. The summed E-state index contributed by atoms with van der Waals surface area (Å²) in [6.07, 6.45) is 0. The van der Waals surface area contributed by atoms with Gasteiger partial charge >= 0.3 is 10.4 Å². The highest BCUT2D eigenvalue weighted by Crippen LogP contribution is 2.38. The fourth-order valence-electron chi connectivity index (χ4n) is 2.13. The Morgan fingerprint density at radius 2 is 1.44 bits per heavy atom. The first-order chi connectivity index (χ1) is 11.0. The van der Waals surface area contributed by atoms with E-state index in [4.69, 9.17) is 21.9 Å². The van der Waals surface area contributed by atoms with Gasteiger partial charge in [0.15, 0.2) is 17.2 Å². The van der Waals surface area contributed by atoms with Crippen molar-refractivity contribution < 1.29 is 42.7 Å². The summed E-state index contributed by atoms with van der Waals surface area (Å²) in [6, 6.07) is 5.19. The van der Waals surface area contributed by atoms with Crippen LogP contribution in [0.25, 0.3) is 22.3 Å². The lowest BCUT2D eigenvalue weighted by molar-refractivity contribution is 0.381. The van der Waals surface area contributed by atoms with Gasteiger partial charge in [-0.1, -0.05) is 0 Å². The van der Waals surface area contributed by atoms with Crippen molar-refractivity contribution in [3.8, 4) is 28.6 Å². The van der Waals surface area contributed by atoms with Crippen LogP contribution in [0.3, 0.4) is 0 Å². The van der Waals surface area contributed by atoms with Gasteiger partial charge in [0.05, 0.1) is 0 Å². The summed E-state index contributed by atoms with van der Waals surface area (Å²) < 4.78 is 37.1. The molecule has 0 unspecified atom stereocenters. The minimum Gasteiger partial charge on any atom is -0.504 e. The zero-order valence-electron chi connectivity index (χ0n) is 12.6. The quantitative estimate of drug-likeness (QED) is 0.215. The van der Waals surface area contributed by atoms with E-state index in [-0.39, 0.29) is 22.7 Å². The molecule has 11 heteroatoms. The summed E-state index contributed by atoms with van der Waals surface area (Å²) >= 11 is 0. The third-order valence-electron chi connectivity index (χ3n) is 3.17. The van der Waals surface area contributed by atoms with Crippen molar-refractivity contribution in [2.45, 2.75) is 6.92 Å². The first-order valence-electron chi connectivity index (χ1n) is 6.29. The van der Waals surface area contributed by atoms with Crippen LogP contribution in [0, 0.1) is 6.92 Å². The van der Waals surface area contributed by atoms with Gasteiger partial charge in [-0.25, -0.2) is 0 Å². The zero-order chi connectivity index (χ0) is 18.2. The van der Waals surface area contributed by atoms with Crippen LogP contribution in [0.4, 0.5) is 0 Å². The van der Waals surface area contributed by atoms with E-state index in [0.717, 1.165) is 5.56 Å². The molecule has 0 bridgehead atoms. The second-order valence-electron chi connectivity index (χ2n) is 4.83. The minimum absolute atomic E-state index is 0. The Hall–Kier alpha value is -2.86. The van der Waals surface area contributed by atoms with Crippen molar-refractivity contribution in [1.82, 2.24) is 0 Å². The third kappa shape index (κ3) is 4.58. The van der Waals surface area contributed by atoms with Gasteiger partial charge in [0.25, 0.3) is 0 Å². The van der Waals surface area contributed by atoms with Crippen LogP contribution in [0.1, 0.15) is 5.56 Å². The van der Waals surface area contributed by atoms with Gasteiger partial charge in [-0.15, -0.1) is 0 Å². The summed E-state index contributed by atoms with van der Waals surface area (Å²) in [5.74, 6) is -0.586. The molecule has 0 atom stereocenters. The van der Waals surface area contributed by atoms with Crippen LogP contribution in [0.2, 0.25) is 0 Å². The standard InChI is InChI=1S/C14H10O5.H2O4S.H2O/c1-6-7-2-9(15)11(17)4-13(7)19-14-5-12(18)10(16)3-8(6)14;1-5(2,3)4;/h2-5,15-17H,1H3;(H2,1,2,3,4);1H2. The van der Waals surface area contributed by atoms with E-state index in [1.807, 2.05) is 0 Å². The Labute approximate surface area is 140 Å². The topological polar surface area (TPSA) is 197 Å². The van der Waals surface area contributed by atoms with E-state index < -0.39 is 15.8 Å². The SMILES string of the molecule is Cc1c2cc(O)c(=O)cc-2oc2cc(O)c(O)cc12.O.O=S(=O)(O)O. The Morgan fingerprint density at radius 1 is 0.920 bits per heavy atom. The molecule has 1 aromatic carbocycles. The van der Waals surface area contributed by atoms with Gasteiger partial charge in [-0.05, 0) is 24.6 Å². The van der Waals surface area contributed by atoms with Crippen LogP contribution in [-0.2, 0) is 10.4 Å². The van der Waals surface area contributed by atoms with Crippen LogP contribution < -0.4 is 5.43 Å². The molecule has 10 nitrogen and oxygen atoms in total. The maximum atomic E-state index is 11.4. The fourth-order valence-corrected chi connectivity index (χ4v) is 2.13. The van der Waals surface area contributed by atoms with Crippen LogP contribution >= 0.6 is 0 Å². The molecule has 0 spiro atoms. The largest absolute Gasteiger partial charge is 0.504 e. The van der Waals surface area contributed by atoms with Gasteiger partial charge in [0.1, 0.15) is 11.3 Å². The third-order valence-corrected chi connectivity index (χ3v) is 3.17. The second kappa shape index (κ2) is 6.94. The van der Waals surface area contributed by atoms with Crippen LogP contribution in [-0.4, -0.2) is 38.3 Å². The second-order valence-corrected chi connectivity index (χ2v) is 5.72. The summed E-state index contributed by atoms with van der Waals surface area (Å²) in [5, 5.41) is 29.1. The highest BCUT2D eigenvalue weighted by molar-refractivity contribution is 7.79. The van der Waals surface area contributed by atoms with Crippen molar-refractivity contribution in [2.75, 3.05) is 0 Å². The molecule has 1 heterocycles. The molecule has 0 amide bonds. The van der Waals surface area contributed by atoms with Crippen molar-refractivity contribution in [2.24, 2.45) is 0 Å². The number of phenols is 3. The summed E-state index contributed by atoms with van der Waals surface area (Å²) in [4.78, 5) is 11.4. The first kappa shape index (κ1) is 20.2. The Kier molecular flexibility index (Phi) is 5.61. The summed E-state index contributed by atoms with van der Waals surface area (Å²) in [7, 11) is -4.67. The van der Waals surface area contributed by atoms with E-state index in [1.54, 1.807) is 6.92 Å². The molecule has 1 aliphatic heterocycles. The number of phenolic OH excluding ortho intramolecular Hbond substituents is 3. The number of aryl methyl sites for hydroxylation is 1. The predicted octanol–water partition coefficient (Wildman–Crippen LogP) is 0.846. The van der Waals surface area contributed by atoms with Crippen molar-refractivity contribution >= 4 is 21.4 Å². The smallest absolute Gasteiger partial charge is 0.394 e. The van der Waals surface area contributed by atoms with Crippen molar-refractivity contribution in [3.05, 3.63) is 40.1 Å². The van der Waals surface area contributed by atoms with Gasteiger partial charge in [0, 0.05) is 23.1 Å². The molecule has 7 N–H and O–H groups in total. The molecule has 2 aliphatic rings. The zero-order valence-corrected chi connectivity index (χ0v) is 13.4. The molecule has 0 saturated carbocycles. The number of rotatable bonds is 0. The molecular formula is C14H14O10S. The summed E-state index contributed by atoms with van der Waals surface area (Å²) in [5.41, 5.74) is 1.14. The normalized spacial score (nSPS) is 10.8. The Morgan fingerprint density at radius 3 is 2.00 bits per heavy atom. The van der Waals surface area contributed by atoms with Gasteiger partial charge in [-0.2, -0.15) is 8.42 Å². The Bertz CT molecular complexity index is 1040. The molecule has 0 radical (unpaired) electrons. The average Bonchev–Trinajstić information content (AvgIpc) is 2.42. The van der Waals surface area contributed by atoms with E-state index in [1.165, 1.54) is 24.3 Å². The fraction of sp³-hybridized carbons (Fsp3) is 0.0714. The maximum absolute atomic E-state index is 11.4. The van der Waals surface area contributed by atoms with Gasteiger partial charge in [0.2, 0.25) is 5.43 Å². The van der Waals surface area contributed by atoms with E-state index >= 15 is 0 Å². The summed E-state index contributed by atoms with van der Waals surface area (Å²) in [6.45, 7) is 1.78. The number of fused-ring (bicyclic) bond motifs is 2. The van der Waals surface area contributed by atoms with E-state index in [9.17, 15) is 20.1 Å². The highest BCUT2D eigenvalue weighted by atomic mass is 32.3. The Balaban J connectivity index is 0.000000462. The van der Waals surface area contributed by atoms with Crippen molar-refractivity contribution in [3.63, 3.8) is 0 Å². The molecule has 3 rings (SSSR count). The lowest BCUT2D eigenvalue weighted by atomic mass is 10.0. The molecule has 1 aromatic rings. The number of aromatic hydroxyl groups is 3. The number of benzene rings is 2. The average molecular weight is 374 g/mol. The molecule has 0 saturated heterocycles. The highest BCUT2D eigenvalue weighted by Gasteiger charge is 2.16. The lowest BCUT2D eigenvalue weighted by Crippen LogP contribution is -2.01. The van der Waals surface area contributed by atoms with Gasteiger partial charge in [-0.3, -0.25) is 13.9 Å². The molecule has 0 fully saturated rings. The molecule has 1 aliphatic carbocycles. The van der Waals surface area contributed by atoms with E-state index in [0.29, 0.717) is 22.3 Å². The van der Waals surface area contributed by atoms with Crippen molar-refractivity contribution in [1.29, 1.82) is 0 Å². The number of hydrogen-bond donors (Lipinski definition) is 5. The van der Waals surface area contributed by atoms with E-state index in [2.05, 4.69) is 0 Å². The molecular weight excluding hydrogens is 360 g/mol. The maximum Gasteiger partial charge on any atom is 0.394 e. The lowest BCUT2D eigenvalue weighted by Gasteiger charge is -2.12. The minimum atomic E-state index is -4.67. The molecule has 25 heavy (non-hydrogen) atoms. The number of hydrogen-bond acceptors (Lipinski definition) is 7. The van der Waals surface area contributed by atoms with Crippen LogP contribution in [0.15, 0.2) is 33.5 Å². The predicted molar refractivity (Wildman–Crippen MR) is 86.6 cm³/mol.